The zero-order valence-electron chi connectivity index (χ0n) is 3.91. The third-order valence-corrected chi connectivity index (χ3v) is 0. The van der Waals surface area contributed by atoms with Crippen LogP contribution in [0.1, 0.15) is 0 Å². The fraction of sp³-hybridized carbons (Fsp3) is 0. The molecule has 12 heavy (non-hydrogen) atoms. The summed E-state index contributed by atoms with van der Waals surface area (Å²) in [7, 11) is 0. The van der Waals surface area contributed by atoms with Crippen molar-refractivity contribution >= 4 is 53.6 Å². The third kappa shape index (κ3) is 707. The molecule has 0 aromatic heterocycles. The van der Waals surface area contributed by atoms with E-state index < -0.39 is 0 Å². The molecule has 0 heterocycles. The van der Waals surface area contributed by atoms with Gasteiger partial charge < -0.3 is 0 Å². The van der Waals surface area contributed by atoms with Crippen molar-refractivity contribution in [3.63, 3.8) is 0 Å². The van der Waals surface area contributed by atoms with Crippen LogP contribution in [0.4, 0.5) is 0 Å². The molecule has 0 aromatic carbocycles. The van der Waals surface area contributed by atoms with Crippen molar-refractivity contribution in [2.45, 2.75) is 0 Å². The van der Waals surface area contributed by atoms with Gasteiger partial charge in [0.15, 0.2) is 34.7 Å². The molecule has 0 amide bonds. The first-order valence-electron chi connectivity index (χ1n) is 1.10. The van der Waals surface area contributed by atoms with Gasteiger partial charge in [0.2, 0.25) is 0 Å². The minimum atomic E-state index is 0. The molecule has 0 radical (unpaired) electrons. The SMILES string of the molecule is OOO.OOO.OOO.[AlH3].[AlH3].[LiH]. The monoisotopic (exact) mass is 218 g/mol. The minimum absolute atomic E-state index is 0. The molecule has 0 aromatic rings. The zero-order chi connectivity index (χ0) is 8.12. The van der Waals surface area contributed by atoms with Crippen molar-refractivity contribution in [1.29, 1.82) is 0 Å². The van der Waals surface area contributed by atoms with E-state index in [0.717, 1.165) is 0 Å². The van der Waals surface area contributed by atoms with Crippen molar-refractivity contribution in [3.8, 4) is 0 Å². The van der Waals surface area contributed by atoms with E-state index in [4.69, 9.17) is 31.5 Å². The first-order valence-corrected chi connectivity index (χ1v) is 1.10. The summed E-state index contributed by atoms with van der Waals surface area (Å²) in [5.74, 6) is 0. The molecular formula is H13Al2LiO9. The van der Waals surface area contributed by atoms with E-state index in [-0.39, 0.29) is 53.6 Å². The van der Waals surface area contributed by atoms with Crippen LogP contribution in [-0.2, 0) is 15.1 Å². The number of hydrogen-bond acceptors (Lipinski definition) is 9. The van der Waals surface area contributed by atoms with Gasteiger partial charge in [-0.1, -0.05) is 15.1 Å². The molecular weight excluding hydrogens is 205 g/mol. The van der Waals surface area contributed by atoms with E-state index in [1.54, 1.807) is 0 Å². The van der Waals surface area contributed by atoms with Gasteiger partial charge in [0, 0.05) is 0 Å². The Labute approximate surface area is 100 Å². The second-order valence-electron chi connectivity index (χ2n) is 0.245. The van der Waals surface area contributed by atoms with Gasteiger partial charge in [0.05, 0.1) is 0 Å². The Morgan fingerprint density at radius 3 is 0.500 bits per heavy atom. The van der Waals surface area contributed by atoms with Crippen LogP contribution in [0.3, 0.4) is 0 Å². The summed E-state index contributed by atoms with van der Waals surface area (Å²) in [6, 6.07) is 0. The average molecular weight is 218 g/mol. The van der Waals surface area contributed by atoms with Crippen LogP contribution >= 0.6 is 0 Å². The van der Waals surface area contributed by atoms with Crippen molar-refractivity contribution in [3.05, 3.63) is 0 Å². The summed E-state index contributed by atoms with van der Waals surface area (Å²) in [5, 5.41) is 46.5. The molecule has 0 saturated carbocycles. The fourth-order valence-corrected chi connectivity index (χ4v) is 0. The third-order valence-electron chi connectivity index (χ3n) is 0. The summed E-state index contributed by atoms with van der Waals surface area (Å²) >= 11 is 0. The molecule has 0 atom stereocenters. The van der Waals surface area contributed by atoms with Gasteiger partial charge in [-0.3, -0.25) is 0 Å². The Bertz CT molecular complexity index is 17.2. The molecule has 0 aliphatic heterocycles. The van der Waals surface area contributed by atoms with E-state index >= 15 is 0 Å². The van der Waals surface area contributed by atoms with Crippen LogP contribution < -0.4 is 0 Å². The van der Waals surface area contributed by atoms with E-state index in [2.05, 4.69) is 15.1 Å². The predicted octanol–water partition coefficient (Wildman–Crippen LogP) is -3.17. The van der Waals surface area contributed by atoms with Gasteiger partial charge in [-0.15, -0.1) is 0 Å². The van der Waals surface area contributed by atoms with Crippen LogP contribution in [0.5, 0.6) is 0 Å². The summed E-state index contributed by atoms with van der Waals surface area (Å²) in [6.45, 7) is 0. The molecule has 0 unspecified atom stereocenters. The summed E-state index contributed by atoms with van der Waals surface area (Å²) in [6.07, 6.45) is 0. The van der Waals surface area contributed by atoms with Gasteiger partial charge in [-0.25, -0.2) is 31.5 Å². The second kappa shape index (κ2) is 84.9. The second-order valence-corrected chi connectivity index (χ2v) is 0.245. The fourth-order valence-electron chi connectivity index (χ4n) is 0. The predicted molar refractivity (Wildman–Crippen MR) is 46.1 cm³/mol. The molecule has 0 bridgehead atoms. The van der Waals surface area contributed by atoms with Crippen molar-refractivity contribution in [1.82, 2.24) is 0 Å². The molecule has 0 aliphatic rings. The van der Waals surface area contributed by atoms with Gasteiger partial charge in [-0.05, 0) is 0 Å². The Morgan fingerprint density at radius 2 is 0.500 bits per heavy atom. The average Bonchev–Trinajstić information content (AvgIpc) is 1.70. The molecule has 6 N–H and O–H groups in total. The molecule has 0 rings (SSSR count). The standard InChI is InChI=1S/2Al.Li.3H2O3.7H/c;;;3*1-3-2;;;;;;;/h;;;3*1-2H;;;;;;;. The Morgan fingerprint density at radius 1 is 0.500 bits per heavy atom. The van der Waals surface area contributed by atoms with Gasteiger partial charge in [0.1, 0.15) is 0 Å². The summed E-state index contributed by atoms with van der Waals surface area (Å²) in [5.41, 5.74) is 0. The van der Waals surface area contributed by atoms with Crippen molar-refractivity contribution < 1.29 is 46.7 Å². The normalized spacial score (nSPS) is 4.50. The van der Waals surface area contributed by atoms with Crippen LogP contribution in [-0.4, -0.2) is 85.1 Å². The van der Waals surface area contributed by atoms with Gasteiger partial charge in [-0.2, -0.15) is 0 Å². The van der Waals surface area contributed by atoms with Crippen molar-refractivity contribution in [2.24, 2.45) is 0 Å². The van der Waals surface area contributed by atoms with E-state index in [1.165, 1.54) is 0 Å². The molecule has 12 heteroatoms. The molecule has 0 aliphatic carbocycles. The Balaban J connectivity index is -0.00000001000. The molecule has 74 valence electrons. The summed E-state index contributed by atoms with van der Waals surface area (Å²) in [4.78, 5) is 0. The number of rotatable bonds is 0. The van der Waals surface area contributed by atoms with Gasteiger partial charge in [0.25, 0.3) is 0 Å². The quantitative estimate of drug-likeness (QED) is 0.140. The molecule has 0 saturated heterocycles. The van der Waals surface area contributed by atoms with Crippen LogP contribution in [0.2, 0.25) is 0 Å². The number of hydrogen-bond donors (Lipinski definition) is 6. The van der Waals surface area contributed by atoms with Gasteiger partial charge >= 0.3 is 18.9 Å². The van der Waals surface area contributed by atoms with Crippen LogP contribution in [0.15, 0.2) is 0 Å². The Hall–Kier alpha value is 1.30. The topological polar surface area (TPSA) is 149 Å². The van der Waals surface area contributed by atoms with Crippen LogP contribution in [0, 0.1) is 0 Å². The van der Waals surface area contributed by atoms with Crippen LogP contribution in [0.25, 0.3) is 0 Å². The maximum absolute atomic E-state index is 6.62. The van der Waals surface area contributed by atoms with E-state index in [9.17, 15) is 0 Å². The molecule has 0 fully saturated rings. The zero-order valence-corrected chi connectivity index (χ0v) is 3.91. The Kier molecular flexibility index (Phi) is 267. The maximum atomic E-state index is 6.62. The molecule has 9 nitrogen and oxygen atoms in total. The van der Waals surface area contributed by atoms with E-state index in [1.807, 2.05) is 0 Å². The van der Waals surface area contributed by atoms with Crippen molar-refractivity contribution in [2.75, 3.05) is 0 Å². The summed E-state index contributed by atoms with van der Waals surface area (Å²) < 4.78 is 0. The first kappa shape index (κ1) is 37.8. The van der Waals surface area contributed by atoms with E-state index in [0.29, 0.717) is 0 Å². The first-order chi connectivity index (χ1) is 4.24. The molecule has 0 spiro atoms.